The van der Waals surface area contributed by atoms with E-state index in [2.05, 4.69) is 5.32 Å². The first kappa shape index (κ1) is 19.9. The molecule has 1 aromatic carbocycles. The van der Waals surface area contributed by atoms with Gasteiger partial charge in [0.2, 0.25) is 0 Å². The minimum atomic E-state index is -0.450. The van der Waals surface area contributed by atoms with Crippen LogP contribution >= 0.6 is 0 Å². The molecule has 1 aliphatic carbocycles. The molecular weight excluding hydrogens is 388 g/mol. The maximum Gasteiger partial charge on any atom is 0.354 e. The SMILES string of the molecule is COC(=O)c1cccn1C1CCN(C(=O)c2ccc(NC3CC3)c([N+](=O)[O-])c2)CC1. The molecule has 1 aliphatic heterocycles. The fraction of sp³-hybridized carbons (Fsp3) is 0.429. The van der Waals surface area contributed by atoms with E-state index >= 15 is 0 Å². The lowest BCUT2D eigenvalue weighted by atomic mass is 10.0. The average molecular weight is 412 g/mol. The number of hydrogen-bond donors (Lipinski definition) is 1. The molecule has 2 fully saturated rings. The van der Waals surface area contributed by atoms with Crippen molar-refractivity contribution in [2.45, 2.75) is 37.8 Å². The van der Waals surface area contributed by atoms with E-state index in [0.29, 0.717) is 42.9 Å². The number of nitrogens with one attached hydrogen (secondary N) is 1. The number of esters is 1. The van der Waals surface area contributed by atoms with Gasteiger partial charge >= 0.3 is 5.97 Å². The number of piperidine rings is 1. The Morgan fingerprint density at radius 2 is 1.90 bits per heavy atom. The van der Waals surface area contributed by atoms with E-state index in [1.165, 1.54) is 13.2 Å². The summed E-state index contributed by atoms with van der Waals surface area (Å²) >= 11 is 0. The van der Waals surface area contributed by atoms with E-state index in [9.17, 15) is 19.7 Å². The highest BCUT2D eigenvalue weighted by Crippen LogP contribution is 2.32. The largest absolute Gasteiger partial charge is 0.464 e. The Bertz CT molecular complexity index is 974. The fourth-order valence-corrected chi connectivity index (χ4v) is 3.90. The zero-order chi connectivity index (χ0) is 21.3. The van der Waals surface area contributed by atoms with Gasteiger partial charge in [-0.1, -0.05) is 0 Å². The molecule has 1 aromatic heterocycles. The summed E-state index contributed by atoms with van der Waals surface area (Å²) in [6, 6.07) is 8.54. The molecule has 1 saturated heterocycles. The molecule has 2 heterocycles. The molecule has 4 rings (SSSR count). The van der Waals surface area contributed by atoms with Crippen molar-refractivity contribution >= 4 is 23.3 Å². The van der Waals surface area contributed by atoms with Gasteiger partial charge in [-0.05, 0) is 49.9 Å². The molecule has 0 radical (unpaired) electrons. The number of anilines is 1. The topological polar surface area (TPSA) is 107 Å². The van der Waals surface area contributed by atoms with E-state index in [4.69, 9.17) is 4.74 Å². The molecule has 0 bridgehead atoms. The Balaban J connectivity index is 1.44. The Hall–Kier alpha value is -3.36. The van der Waals surface area contributed by atoms with E-state index in [1.807, 2.05) is 10.8 Å². The van der Waals surface area contributed by atoms with Gasteiger partial charge in [0.05, 0.1) is 12.0 Å². The Kier molecular flexibility index (Phi) is 5.43. The van der Waals surface area contributed by atoms with Gasteiger partial charge in [-0.25, -0.2) is 4.79 Å². The number of nitrogens with zero attached hydrogens (tertiary/aromatic N) is 3. The number of carbonyl (C=O) groups is 2. The van der Waals surface area contributed by atoms with Gasteiger partial charge in [0, 0.05) is 43.0 Å². The van der Waals surface area contributed by atoms with Gasteiger partial charge in [0.15, 0.2) is 0 Å². The molecule has 30 heavy (non-hydrogen) atoms. The highest BCUT2D eigenvalue weighted by Gasteiger charge is 2.29. The van der Waals surface area contributed by atoms with Crippen LogP contribution in [0.15, 0.2) is 36.5 Å². The van der Waals surface area contributed by atoms with Crippen LogP contribution in [-0.4, -0.2) is 52.5 Å². The van der Waals surface area contributed by atoms with Gasteiger partial charge < -0.3 is 19.5 Å². The van der Waals surface area contributed by atoms with Crippen molar-refractivity contribution in [1.29, 1.82) is 0 Å². The average Bonchev–Trinajstić information content (AvgIpc) is 3.44. The second kappa shape index (κ2) is 8.17. The highest BCUT2D eigenvalue weighted by molar-refractivity contribution is 5.96. The van der Waals surface area contributed by atoms with Crippen LogP contribution in [0.1, 0.15) is 52.6 Å². The van der Waals surface area contributed by atoms with E-state index < -0.39 is 4.92 Å². The van der Waals surface area contributed by atoms with Crippen molar-refractivity contribution in [2.75, 3.05) is 25.5 Å². The van der Waals surface area contributed by atoms with E-state index in [1.54, 1.807) is 29.2 Å². The number of nitro benzene ring substituents is 1. The monoisotopic (exact) mass is 412 g/mol. The lowest BCUT2D eigenvalue weighted by Gasteiger charge is -2.33. The fourth-order valence-electron chi connectivity index (χ4n) is 3.90. The number of methoxy groups -OCH3 is 1. The summed E-state index contributed by atoms with van der Waals surface area (Å²) in [6.45, 7) is 1.02. The Morgan fingerprint density at radius 3 is 2.53 bits per heavy atom. The number of carbonyl (C=O) groups excluding carboxylic acids is 2. The number of nitro groups is 1. The third-order valence-electron chi connectivity index (χ3n) is 5.70. The Labute approximate surface area is 173 Å². The lowest BCUT2D eigenvalue weighted by Crippen LogP contribution is -2.39. The first-order valence-electron chi connectivity index (χ1n) is 10.1. The zero-order valence-electron chi connectivity index (χ0n) is 16.7. The predicted octanol–water partition coefficient (Wildman–Crippen LogP) is 3.23. The maximum absolute atomic E-state index is 12.9. The van der Waals surface area contributed by atoms with Crippen molar-refractivity contribution in [3.63, 3.8) is 0 Å². The summed E-state index contributed by atoms with van der Waals surface area (Å²) in [5.41, 5.74) is 1.20. The molecule has 9 nitrogen and oxygen atoms in total. The normalized spacial score (nSPS) is 16.9. The maximum atomic E-state index is 12.9. The predicted molar refractivity (Wildman–Crippen MR) is 110 cm³/mol. The number of rotatable bonds is 6. The summed E-state index contributed by atoms with van der Waals surface area (Å²) in [6.07, 6.45) is 5.24. The molecule has 0 spiro atoms. The molecule has 2 aromatic rings. The molecule has 1 N–H and O–H groups in total. The van der Waals surface area contributed by atoms with Crippen molar-refractivity contribution in [1.82, 2.24) is 9.47 Å². The summed E-state index contributed by atoms with van der Waals surface area (Å²) in [7, 11) is 1.35. The first-order chi connectivity index (χ1) is 14.5. The molecule has 0 unspecified atom stereocenters. The van der Waals surface area contributed by atoms with Crippen LogP contribution in [0.5, 0.6) is 0 Å². The van der Waals surface area contributed by atoms with Crippen LogP contribution in [0.4, 0.5) is 11.4 Å². The summed E-state index contributed by atoms with van der Waals surface area (Å²) in [5, 5.41) is 14.6. The van der Waals surface area contributed by atoms with Gasteiger partial charge in [-0.2, -0.15) is 0 Å². The molecule has 9 heteroatoms. The quantitative estimate of drug-likeness (QED) is 0.443. The molecule has 1 saturated carbocycles. The second-order valence-electron chi connectivity index (χ2n) is 7.72. The molecule has 0 atom stereocenters. The van der Waals surface area contributed by atoms with Crippen LogP contribution in [0.2, 0.25) is 0 Å². The second-order valence-corrected chi connectivity index (χ2v) is 7.72. The molecule has 1 amide bonds. The van der Waals surface area contributed by atoms with Crippen LogP contribution in [-0.2, 0) is 4.74 Å². The summed E-state index contributed by atoms with van der Waals surface area (Å²) in [4.78, 5) is 37.6. The summed E-state index contributed by atoms with van der Waals surface area (Å²) in [5.74, 6) is -0.596. The Morgan fingerprint density at radius 1 is 1.17 bits per heavy atom. The minimum Gasteiger partial charge on any atom is -0.464 e. The van der Waals surface area contributed by atoms with Gasteiger partial charge in [0.1, 0.15) is 11.4 Å². The number of hydrogen-bond acceptors (Lipinski definition) is 6. The number of amides is 1. The third-order valence-corrected chi connectivity index (χ3v) is 5.70. The standard InChI is InChI=1S/C21H24N4O5/c1-30-21(27)18-3-2-10-24(18)16-8-11-23(12-9-16)20(26)14-4-7-17(22-15-5-6-15)19(13-14)25(28)29/h2-4,7,10,13,15-16,22H,5-6,8-9,11-12H2,1H3. The van der Waals surface area contributed by atoms with Crippen molar-refractivity contribution in [2.24, 2.45) is 0 Å². The summed E-state index contributed by atoms with van der Waals surface area (Å²) < 4.78 is 6.73. The zero-order valence-corrected chi connectivity index (χ0v) is 16.7. The highest BCUT2D eigenvalue weighted by atomic mass is 16.6. The number of ether oxygens (including phenoxy) is 1. The van der Waals surface area contributed by atoms with Crippen molar-refractivity contribution in [3.8, 4) is 0 Å². The van der Waals surface area contributed by atoms with Gasteiger partial charge in [0.25, 0.3) is 11.6 Å². The molecule has 2 aliphatic rings. The molecular formula is C21H24N4O5. The van der Waals surface area contributed by atoms with Crippen LogP contribution in [0, 0.1) is 10.1 Å². The van der Waals surface area contributed by atoms with Gasteiger partial charge in [-0.15, -0.1) is 0 Å². The number of likely N-dealkylation sites (tertiary alicyclic amines) is 1. The van der Waals surface area contributed by atoms with Crippen LogP contribution < -0.4 is 5.32 Å². The van der Waals surface area contributed by atoms with E-state index in [-0.39, 0.29) is 29.6 Å². The van der Waals surface area contributed by atoms with Crippen LogP contribution in [0.3, 0.4) is 0 Å². The minimum absolute atomic E-state index is 0.0716. The van der Waals surface area contributed by atoms with Crippen LogP contribution in [0.25, 0.3) is 0 Å². The third kappa shape index (κ3) is 4.00. The van der Waals surface area contributed by atoms with Gasteiger partial charge in [-0.3, -0.25) is 14.9 Å². The van der Waals surface area contributed by atoms with Crippen molar-refractivity contribution < 1.29 is 19.2 Å². The number of aromatic nitrogens is 1. The molecule has 158 valence electrons. The first-order valence-corrected chi connectivity index (χ1v) is 10.1. The van der Waals surface area contributed by atoms with Crippen molar-refractivity contribution in [3.05, 3.63) is 57.9 Å². The number of benzene rings is 1. The van der Waals surface area contributed by atoms with E-state index in [0.717, 1.165) is 12.8 Å². The smallest absolute Gasteiger partial charge is 0.354 e. The lowest BCUT2D eigenvalue weighted by molar-refractivity contribution is -0.384.